The average molecular weight is 583 g/mol. The quantitative estimate of drug-likeness (QED) is 0.135. The smallest absolute Gasteiger partial charge is 0.355 e. The van der Waals surface area contributed by atoms with Crippen LogP contribution in [0.1, 0.15) is 82.4 Å². The Kier molecular flexibility index (Phi) is 9.22. The standard InChI is InChI=1S/C36H39ClN2O3/c1-23(40)38-31(17-24-13-9-8-10-14-24)34(41)42-32(21-27-18-25-15-11-12-16-30(25)39-33(27)37)26-19-28(35(2,3)4)22-29(20-26)36(5,6)7/h8-20,22,32H,21H2,1-7H3,(H,38,40)/b31-17-/t32-/m1/s1. The number of ether oxygens (including phenoxy) is 1. The number of hydrogen-bond acceptors (Lipinski definition) is 4. The van der Waals surface area contributed by atoms with E-state index in [1.165, 1.54) is 6.92 Å². The van der Waals surface area contributed by atoms with Crippen molar-refractivity contribution in [2.75, 3.05) is 0 Å². The number of amides is 1. The van der Waals surface area contributed by atoms with Crippen LogP contribution in [-0.2, 0) is 31.6 Å². The molecule has 1 N–H and O–H groups in total. The Labute approximate surface area is 254 Å². The van der Waals surface area contributed by atoms with Crippen LogP contribution < -0.4 is 5.32 Å². The highest BCUT2D eigenvalue weighted by molar-refractivity contribution is 6.30. The van der Waals surface area contributed by atoms with Crippen LogP contribution in [0.5, 0.6) is 0 Å². The first-order valence-corrected chi connectivity index (χ1v) is 14.5. The molecular formula is C36H39ClN2O3. The molecule has 0 fully saturated rings. The van der Waals surface area contributed by atoms with E-state index in [-0.39, 0.29) is 22.4 Å². The molecular weight excluding hydrogens is 544 g/mol. The van der Waals surface area contributed by atoms with Gasteiger partial charge >= 0.3 is 5.97 Å². The zero-order valence-electron chi connectivity index (χ0n) is 25.4. The maximum atomic E-state index is 13.8. The van der Waals surface area contributed by atoms with Crippen LogP contribution in [0.3, 0.4) is 0 Å². The van der Waals surface area contributed by atoms with Crippen LogP contribution >= 0.6 is 11.6 Å². The molecule has 3 aromatic carbocycles. The number of pyridine rings is 1. The van der Waals surface area contributed by atoms with E-state index in [1.807, 2.05) is 60.7 Å². The van der Waals surface area contributed by atoms with Crippen LogP contribution in [-0.4, -0.2) is 16.9 Å². The van der Waals surface area contributed by atoms with E-state index in [4.69, 9.17) is 16.3 Å². The van der Waals surface area contributed by atoms with Crippen molar-refractivity contribution < 1.29 is 14.3 Å². The third-order valence-corrected chi connectivity index (χ3v) is 7.43. The molecule has 0 unspecified atom stereocenters. The predicted molar refractivity (Wildman–Crippen MR) is 171 cm³/mol. The number of para-hydroxylation sites is 1. The summed E-state index contributed by atoms with van der Waals surface area (Å²) in [7, 11) is 0. The monoisotopic (exact) mass is 582 g/mol. The molecule has 6 heteroatoms. The molecule has 0 aliphatic carbocycles. The lowest BCUT2D eigenvalue weighted by molar-refractivity contribution is -0.145. The maximum absolute atomic E-state index is 13.8. The van der Waals surface area contributed by atoms with Crippen molar-refractivity contribution in [1.82, 2.24) is 10.3 Å². The summed E-state index contributed by atoms with van der Waals surface area (Å²) in [6.07, 6.45) is 1.23. The van der Waals surface area contributed by atoms with Crippen molar-refractivity contribution in [3.05, 3.63) is 118 Å². The van der Waals surface area contributed by atoms with Gasteiger partial charge in [-0.2, -0.15) is 0 Å². The molecule has 218 valence electrons. The average Bonchev–Trinajstić information content (AvgIpc) is 2.91. The number of fused-ring (bicyclic) bond motifs is 1. The minimum atomic E-state index is -0.700. The van der Waals surface area contributed by atoms with E-state index in [0.717, 1.165) is 38.7 Å². The van der Waals surface area contributed by atoms with E-state index in [2.05, 4.69) is 70.0 Å². The van der Waals surface area contributed by atoms with Gasteiger partial charge in [-0.1, -0.05) is 120 Å². The van der Waals surface area contributed by atoms with Gasteiger partial charge in [0.05, 0.1) is 5.52 Å². The molecule has 0 aliphatic rings. The summed E-state index contributed by atoms with van der Waals surface area (Å²) in [6, 6.07) is 25.5. The van der Waals surface area contributed by atoms with Crippen molar-refractivity contribution in [2.24, 2.45) is 0 Å². The number of nitrogens with one attached hydrogen (secondary N) is 1. The number of esters is 1. The molecule has 5 nitrogen and oxygen atoms in total. The number of benzene rings is 3. The fourth-order valence-electron chi connectivity index (χ4n) is 4.65. The Morgan fingerprint density at radius 2 is 1.48 bits per heavy atom. The lowest BCUT2D eigenvalue weighted by atomic mass is 9.78. The molecule has 1 aromatic heterocycles. The SMILES string of the molecule is CC(=O)N/C(=C\c1ccccc1)C(=O)O[C@H](Cc1cc2ccccc2nc1Cl)c1cc(C(C)(C)C)cc(C(C)(C)C)c1. The van der Waals surface area contributed by atoms with Crippen LogP contribution in [0.25, 0.3) is 17.0 Å². The topological polar surface area (TPSA) is 68.3 Å². The number of hydrogen-bond donors (Lipinski definition) is 1. The number of rotatable bonds is 7. The van der Waals surface area contributed by atoms with Crippen molar-refractivity contribution in [3.8, 4) is 0 Å². The molecule has 0 spiro atoms. The number of aromatic nitrogens is 1. The zero-order chi connectivity index (χ0) is 30.7. The Bertz CT molecular complexity index is 1600. The zero-order valence-corrected chi connectivity index (χ0v) is 26.2. The molecule has 0 bridgehead atoms. The molecule has 42 heavy (non-hydrogen) atoms. The first-order valence-electron chi connectivity index (χ1n) is 14.2. The van der Waals surface area contributed by atoms with Gasteiger partial charge < -0.3 is 10.1 Å². The lowest BCUT2D eigenvalue weighted by Crippen LogP contribution is -2.28. The number of nitrogens with zero attached hydrogens (tertiary/aromatic N) is 1. The first-order chi connectivity index (χ1) is 19.7. The van der Waals surface area contributed by atoms with Crippen molar-refractivity contribution >= 4 is 40.5 Å². The van der Waals surface area contributed by atoms with E-state index < -0.39 is 12.1 Å². The highest BCUT2D eigenvalue weighted by Crippen LogP contribution is 2.35. The molecule has 0 saturated heterocycles. The maximum Gasteiger partial charge on any atom is 0.355 e. The predicted octanol–water partition coefficient (Wildman–Crippen LogP) is 8.49. The third-order valence-electron chi connectivity index (χ3n) is 7.11. The Morgan fingerprint density at radius 3 is 2.07 bits per heavy atom. The van der Waals surface area contributed by atoms with Crippen LogP contribution in [0, 0.1) is 0 Å². The molecule has 4 aromatic rings. The van der Waals surface area contributed by atoms with Gasteiger partial charge in [0.15, 0.2) is 0 Å². The van der Waals surface area contributed by atoms with Gasteiger partial charge in [0, 0.05) is 18.7 Å². The van der Waals surface area contributed by atoms with E-state index in [0.29, 0.717) is 11.6 Å². The molecule has 1 atom stereocenters. The van der Waals surface area contributed by atoms with Crippen LogP contribution in [0.4, 0.5) is 0 Å². The van der Waals surface area contributed by atoms with Crippen LogP contribution in [0.2, 0.25) is 5.15 Å². The van der Waals surface area contributed by atoms with Crippen molar-refractivity contribution in [2.45, 2.75) is 71.8 Å². The second-order valence-corrected chi connectivity index (χ2v) is 13.1. The summed E-state index contributed by atoms with van der Waals surface area (Å²) >= 11 is 6.70. The summed E-state index contributed by atoms with van der Waals surface area (Å²) in [5.41, 5.74) is 5.23. The molecule has 0 saturated carbocycles. The summed E-state index contributed by atoms with van der Waals surface area (Å²) in [6.45, 7) is 14.4. The largest absolute Gasteiger partial charge is 0.452 e. The number of halogens is 1. The second-order valence-electron chi connectivity index (χ2n) is 12.7. The van der Waals surface area contributed by atoms with Gasteiger partial charge in [0.1, 0.15) is 17.0 Å². The fraction of sp³-hybridized carbons (Fsp3) is 0.306. The van der Waals surface area contributed by atoms with E-state index in [9.17, 15) is 9.59 Å². The summed E-state index contributed by atoms with van der Waals surface area (Å²) in [5.74, 6) is -1.00. The first kappa shape index (κ1) is 31.0. The second kappa shape index (κ2) is 12.5. The molecule has 0 aliphatic heterocycles. The van der Waals surface area contributed by atoms with Gasteiger partial charge in [0.25, 0.3) is 0 Å². The highest BCUT2D eigenvalue weighted by atomic mass is 35.5. The van der Waals surface area contributed by atoms with E-state index >= 15 is 0 Å². The van der Waals surface area contributed by atoms with Crippen molar-refractivity contribution in [3.63, 3.8) is 0 Å². The van der Waals surface area contributed by atoms with Gasteiger partial charge in [-0.05, 0) is 56.9 Å². The Balaban J connectivity index is 1.84. The summed E-state index contributed by atoms with van der Waals surface area (Å²) in [4.78, 5) is 30.5. The minimum absolute atomic E-state index is 0.0597. The van der Waals surface area contributed by atoms with Gasteiger partial charge in [-0.25, -0.2) is 9.78 Å². The lowest BCUT2D eigenvalue weighted by Gasteiger charge is -2.28. The summed E-state index contributed by atoms with van der Waals surface area (Å²) < 4.78 is 6.27. The van der Waals surface area contributed by atoms with E-state index in [1.54, 1.807) is 6.08 Å². The van der Waals surface area contributed by atoms with Gasteiger partial charge in [-0.15, -0.1) is 0 Å². The molecule has 0 radical (unpaired) electrons. The summed E-state index contributed by atoms with van der Waals surface area (Å²) in [5, 5.41) is 3.97. The van der Waals surface area contributed by atoms with Gasteiger partial charge in [0.2, 0.25) is 5.91 Å². The Morgan fingerprint density at radius 1 is 0.881 bits per heavy atom. The van der Waals surface area contributed by atoms with Gasteiger partial charge in [-0.3, -0.25) is 4.79 Å². The minimum Gasteiger partial charge on any atom is -0.452 e. The Hall–Kier alpha value is -3.96. The number of carbonyl (C=O) groups is 2. The fourth-order valence-corrected chi connectivity index (χ4v) is 4.88. The van der Waals surface area contributed by atoms with Crippen molar-refractivity contribution in [1.29, 1.82) is 0 Å². The third kappa shape index (κ3) is 7.86. The van der Waals surface area contributed by atoms with Crippen LogP contribution in [0.15, 0.2) is 84.6 Å². The highest BCUT2D eigenvalue weighted by Gasteiger charge is 2.27. The molecule has 4 rings (SSSR count). The molecule has 1 amide bonds. The normalized spacial score (nSPS) is 13.1. The molecule has 1 heterocycles. The number of carbonyl (C=O) groups excluding carboxylic acids is 2.